The lowest BCUT2D eigenvalue weighted by molar-refractivity contribution is 0.0905. The molecule has 1 aliphatic rings. The van der Waals surface area contributed by atoms with Gasteiger partial charge in [0.15, 0.2) is 0 Å². The molecular formula is C14H20FN3O. The number of nitrogens with one attached hydrogen (secondary N) is 1. The largest absolute Gasteiger partial charge is 0.399 e. The first kappa shape index (κ1) is 13.8. The van der Waals surface area contributed by atoms with Gasteiger partial charge in [0.2, 0.25) is 0 Å². The van der Waals surface area contributed by atoms with Crippen molar-refractivity contribution in [3.05, 3.63) is 29.6 Å². The van der Waals surface area contributed by atoms with Gasteiger partial charge in [-0.3, -0.25) is 4.79 Å². The van der Waals surface area contributed by atoms with Crippen molar-refractivity contribution >= 4 is 11.6 Å². The Balaban J connectivity index is 2.00. The Morgan fingerprint density at radius 2 is 2.32 bits per heavy atom. The summed E-state index contributed by atoms with van der Waals surface area (Å²) in [6.45, 7) is 5.03. The number of rotatable bonds is 3. The van der Waals surface area contributed by atoms with Crippen molar-refractivity contribution in [1.82, 2.24) is 10.2 Å². The van der Waals surface area contributed by atoms with E-state index in [4.69, 9.17) is 5.73 Å². The van der Waals surface area contributed by atoms with Gasteiger partial charge in [0.1, 0.15) is 5.82 Å². The predicted octanol–water partition coefficient (Wildman–Crippen LogP) is 1.62. The minimum Gasteiger partial charge on any atom is -0.399 e. The molecule has 1 amide bonds. The molecule has 4 nitrogen and oxygen atoms in total. The molecule has 104 valence electrons. The van der Waals surface area contributed by atoms with Crippen LogP contribution in [0.25, 0.3) is 0 Å². The van der Waals surface area contributed by atoms with E-state index in [0.29, 0.717) is 0 Å². The number of carbonyl (C=O) groups is 1. The molecule has 1 aromatic rings. The first-order valence-electron chi connectivity index (χ1n) is 6.67. The van der Waals surface area contributed by atoms with Gasteiger partial charge in [-0.05, 0) is 44.1 Å². The summed E-state index contributed by atoms with van der Waals surface area (Å²) in [6, 6.07) is 4.05. The number of hydrogen-bond donors (Lipinski definition) is 2. The lowest BCUT2D eigenvalue weighted by atomic mass is 10.0. The van der Waals surface area contributed by atoms with Crippen LogP contribution in [0.4, 0.5) is 10.1 Å². The van der Waals surface area contributed by atoms with Crippen LogP contribution in [0.2, 0.25) is 0 Å². The van der Waals surface area contributed by atoms with E-state index in [0.717, 1.165) is 32.5 Å². The monoisotopic (exact) mass is 265 g/mol. The van der Waals surface area contributed by atoms with Crippen LogP contribution in [0.15, 0.2) is 18.2 Å². The zero-order valence-corrected chi connectivity index (χ0v) is 11.2. The maximum Gasteiger partial charge on any atom is 0.251 e. The Morgan fingerprint density at radius 3 is 3.00 bits per heavy atom. The number of likely N-dealkylation sites (tertiary alicyclic amines) is 1. The van der Waals surface area contributed by atoms with Gasteiger partial charge in [0, 0.05) is 23.8 Å². The summed E-state index contributed by atoms with van der Waals surface area (Å²) < 4.78 is 13.2. The molecule has 3 N–H and O–H groups in total. The molecule has 1 saturated heterocycles. The van der Waals surface area contributed by atoms with Gasteiger partial charge in [0.25, 0.3) is 5.91 Å². The van der Waals surface area contributed by atoms with Crippen molar-refractivity contribution in [3.8, 4) is 0 Å². The summed E-state index contributed by atoms with van der Waals surface area (Å²) in [5.74, 6) is -0.738. The molecule has 19 heavy (non-hydrogen) atoms. The van der Waals surface area contributed by atoms with Crippen LogP contribution < -0.4 is 11.1 Å². The number of benzene rings is 1. The smallest absolute Gasteiger partial charge is 0.251 e. The molecule has 1 atom stereocenters. The normalized spacial score (nSPS) is 20.2. The molecular weight excluding hydrogens is 245 g/mol. The fourth-order valence-electron chi connectivity index (χ4n) is 2.47. The molecule has 1 aromatic carbocycles. The second-order valence-corrected chi connectivity index (χ2v) is 4.98. The van der Waals surface area contributed by atoms with Gasteiger partial charge in [-0.15, -0.1) is 0 Å². The summed E-state index contributed by atoms with van der Waals surface area (Å²) >= 11 is 0. The fourth-order valence-corrected chi connectivity index (χ4v) is 2.47. The van der Waals surface area contributed by atoms with E-state index in [9.17, 15) is 9.18 Å². The van der Waals surface area contributed by atoms with E-state index in [1.54, 1.807) is 0 Å². The number of nitrogens with two attached hydrogens (primary N) is 1. The first-order chi connectivity index (χ1) is 9.08. The highest BCUT2D eigenvalue weighted by atomic mass is 19.1. The summed E-state index contributed by atoms with van der Waals surface area (Å²) in [5, 5.41) is 2.95. The summed E-state index contributed by atoms with van der Waals surface area (Å²) in [7, 11) is 0. The number of nitrogens with zero attached hydrogens (tertiary/aromatic N) is 1. The number of nitrogen functional groups attached to an aromatic ring is 1. The Hall–Kier alpha value is -1.62. The molecule has 0 saturated carbocycles. The molecule has 0 bridgehead atoms. The van der Waals surface area contributed by atoms with Crippen LogP contribution in [-0.4, -0.2) is 36.5 Å². The topological polar surface area (TPSA) is 58.4 Å². The molecule has 1 heterocycles. The lowest BCUT2D eigenvalue weighted by Gasteiger charge is -2.32. The van der Waals surface area contributed by atoms with Crippen molar-refractivity contribution < 1.29 is 9.18 Å². The maximum absolute atomic E-state index is 13.2. The zero-order valence-electron chi connectivity index (χ0n) is 11.2. The quantitative estimate of drug-likeness (QED) is 0.817. The van der Waals surface area contributed by atoms with Crippen LogP contribution in [0.3, 0.4) is 0 Å². The second kappa shape index (κ2) is 6.02. The standard InChI is InChI=1S/C14H20FN3O/c1-2-18-5-3-4-13(9-18)17-14(19)10-6-11(15)8-12(16)7-10/h6-8,13H,2-5,9,16H2,1H3,(H,17,19). The molecule has 0 spiro atoms. The minimum atomic E-state index is -0.482. The van der Waals surface area contributed by atoms with E-state index in [-0.39, 0.29) is 23.2 Å². The SMILES string of the molecule is CCN1CCCC(NC(=O)c2cc(N)cc(F)c2)C1. The Morgan fingerprint density at radius 1 is 1.53 bits per heavy atom. The number of carbonyl (C=O) groups excluding carboxylic acids is 1. The van der Waals surface area contributed by atoms with Gasteiger partial charge in [-0.2, -0.15) is 0 Å². The maximum atomic E-state index is 13.2. The molecule has 0 aromatic heterocycles. The number of anilines is 1. The number of halogens is 1. The van der Waals surface area contributed by atoms with E-state index >= 15 is 0 Å². The van der Waals surface area contributed by atoms with Crippen LogP contribution in [0, 0.1) is 5.82 Å². The molecule has 1 aliphatic heterocycles. The van der Waals surface area contributed by atoms with Crippen molar-refractivity contribution in [1.29, 1.82) is 0 Å². The summed E-state index contributed by atoms with van der Waals surface area (Å²) in [6.07, 6.45) is 2.04. The Labute approximate surface area is 112 Å². The number of piperidine rings is 1. The molecule has 5 heteroatoms. The van der Waals surface area contributed by atoms with Crippen molar-refractivity contribution in [2.45, 2.75) is 25.8 Å². The number of hydrogen-bond acceptors (Lipinski definition) is 3. The van der Waals surface area contributed by atoms with E-state index in [1.807, 2.05) is 0 Å². The third kappa shape index (κ3) is 3.67. The van der Waals surface area contributed by atoms with Gasteiger partial charge in [0.05, 0.1) is 0 Å². The summed E-state index contributed by atoms with van der Waals surface area (Å²) in [4.78, 5) is 14.4. The third-order valence-corrected chi connectivity index (χ3v) is 3.47. The van der Waals surface area contributed by atoms with Gasteiger partial charge >= 0.3 is 0 Å². The minimum absolute atomic E-state index is 0.130. The highest BCUT2D eigenvalue weighted by molar-refractivity contribution is 5.95. The van der Waals surface area contributed by atoms with E-state index < -0.39 is 5.82 Å². The zero-order chi connectivity index (χ0) is 13.8. The van der Waals surface area contributed by atoms with E-state index in [2.05, 4.69) is 17.1 Å². The van der Waals surface area contributed by atoms with Gasteiger partial charge in [-0.1, -0.05) is 6.92 Å². The predicted molar refractivity (Wildman–Crippen MR) is 73.4 cm³/mol. The van der Waals surface area contributed by atoms with Crippen molar-refractivity contribution in [3.63, 3.8) is 0 Å². The van der Waals surface area contributed by atoms with E-state index in [1.165, 1.54) is 18.2 Å². The van der Waals surface area contributed by atoms with Crippen LogP contribution in [-0.2, 0) is 0 Å². The molecule has 1 unspecified atom stereocenters. The Kier molecular flexibility index (Phi) is 4.37. The molecule has 0 radical (unpaired) electrons. The van der Waals surface area contributed by atoms with Crippen LogP contribution in [0.5, 0.6) is 0 Å². The lowest BCUT2D eigenvalue weighted by Crippen LogP contribution is -2.47. The number of amides is 1. The van der Waals surface area contributed by atoms with Crippen molar-refractivity contribution in [2.24, 2.45) is 0 Å². The van der Waals surface area contributed by atoms with Crippen LogP contribution >= 0.6 is 0 Å². The highest BCUT2D eigenvalue weighted by Crippen LogP contribution is 2.13. The second-order valence-electron chi connectivity index (χ2n) is 4.98. The third-order valence-electron chi connectivity index (χ3n) is 3.47. The average Bonchev–Trinajstić information content (AvgIpc) is 2.37. The average molecular weight is 265 g/mol. The molecule has 2 rings (SSSR count). The summed E-state index contributed by atoms with van der Waals surface area (Å²) in [5.41, 5.74) is 6.10. The first-order valence-corrected chi connectivity index (χ1v) is 6.67. The van der Waals surface area contributed by atoms with Crippen molar-refractivity contribution in [2.75, 3.05) is 25.4 Å². The molecule has 0 aliphatic carbocycles. The fraction of sp³-hybridized carbons (Fsp3) is 0.500. The Bertz CT molecular complexity index is 444. The number of likely N-dealkylation sites (N-methyl/N-ethyl adjacent to an activating group) is 1. The van der Waals surface area contributed by atoms with Crippen LogP contribution in [0.1, 0.15) is 30.1 Å². The highest BCUT2D eigenvalue weighted by Gasteiger charge is 2.21. The van der Waals surface area contributed by atoms with Gasteiger partial charge in [-0.25, -0.2) is 4.39 Å². The molecule has 1 fully saturated rings. The van der Waals surface area contributed by atoms with Gasteiger partial charge < -0.3 is 16.0 Å².